The van der Waals surface area contributed by atoms with Crippen LogP contribution in [0.5, 0.6) is 0 Å². The Morgan fingerprint density at radius 1 is 1.16 bits per heavy atom. The van der Waals surface area contributed by atoms with Crippen molar-refractivity contribution in [2.24, 2.45) is 5.92 Å². The maximum atomic E-state index is 15.6. The van der Waals surface area contributed by atoms with Crippen LogP contribution in [-0.4, -0.2) is 27.6 Å². The molecule has 3 saturated carbocycles. The fraction of sp³-hybridized carbons (Fsp3) is 0.370. The summed E-state index contributed by atoms with van der Waals surface area (Å²) in [5.74, 6) is -1.59. The van der Waals surface area contributed by atoms with E-state index in [9.17, 15) is 4.79 Å². The van der Waals surface area contributed by atoms with E-state index in [-0.39, 0.29) is 22.7 Å². The molecule has 2 bridgehead atoms. The van der Waals surface area contributed by atoms with Crippen LogP contribution >= 0.6 is 0 Å². The van der Waals surface area contributed by atoms with E-state index in [0.717, 1.165) is 49.7 Å². The normalized spacial score (nSPS) is 30.7. The average Bonchev–Trinajstić information content (AvgIpc) is 3.04. The number of aliphatic carboxylic acids is 1. The van der Waals surface area contributed by atoms with Gasteiger partial charge in [-0.2, -0.15) is 0 Å². The Hall–Kier alpha value is -2.79. The van der Waals surface area contributed by atoms with Gasteiger partial charge in [0.05, 0.1) is 6.04 Å². The number of nitrogens with zero attached hydrogens (tertiary/aromatic N) is 1. The molecule has 2 atom stereocenters. The molecule has 2 unspecified atom stereocenters. The SMILES string of the molecule is CC1CC2=C(Cc3ccccc32)C(c2c(F)cc(/C=C/C(=O)O)cc2F)N1C12CC(C1)C2. The minimum absolute atomic E-state index is 0.0583. The topological polar surface area (TPSA) is 40.5 Å². The molecule has 0 saturated heterocycles. The van der Waals surface area contributed by atoms with Gasteiger partial charge in [-0.15, -0.1) is 0 Å². The number of hydrogen-bond donors (Lipinski definition) is 1. The van der Waals surface area contributed by atoms with Crippen LogP contribution in [0.25, 0.3) is 11.6 Å². The summed E-state index contributed by atoms with van der Waals surface area (Å²) >= 11 is 0. The Morgan fingerprint density at radius 3 is 2.47 bits per heavy atom. The van der Waals surface area contributed by atoms with Crippen molar-refractivity contribution in [2.75, 3.05) is 0 Å². The van der Waals surface area contributed by atoms with Gasteiger partial charge < -0.3 is 5.11 Å². The highest BCUT2D eigenvalue weighted by molar-refractivity contribution is 5.85. The fourth-order valence-electron chi connectivity index (χ4n) is 6.71. The molecule has 0 aromatic heterocycles. The summed E-state index contributed by atoms with van der Waals surface area (Å²) in [5.41, 5.74) is 5.21. The number of rotatable bonds is 4. The molecule has 2 aromatic rings. The fourth-order valence-corrected chi connectivity index (χ4v) is 6.71. The molecule has 3 fully saturated rings. The Bertz CT molecular complexity index is 1170. The van der Waals surface area contributed by atoms with Gasteiger partial charge in [-0.05, 0) is 91.0 Å². The van der Waals surface area contributed by atoms with Gasteiger partial charge in [0.15, 0.2) is 0 Å². The first-order chi connectivity index (χ1) is 15.4. The molecule has 0 radical (unpaired) electrons. The summed E-state index contributed by atoms with van der Waals surface area (Å²) in [5, 5.41) is 8.86. The van der Waals surface area contributed by atoms with Crippen LogP contribution < -0.4 is 0 Å². The highest BCUT2D eigenvalue weighted by atomic mass is 19.1. The first-order valence-electron chi connectivity index (χ1n) is 11.3. The molecular formula is C27H25F2NO2. The summed E-state index contributed by atoms with van der Waals surface area (Å²) in [7, 11) is 0. The first-order valence-corrected chi connectivity index (χ1v) is 11.3. The third kappa shape index (κ3) is 2.77. The number of hydrogen-bond acceptors (Lipinski definition) is 2. The van der Waals surface area contributed by atoms with Crippen LogP contribution in [-0.2, 0) is 11.2 Å². The predicted octanol–water partition coefficient (Wildman–Crippen LogP) is 5.76. The molecule has 2 aromatic carbocycles. The van der Waals surface area contributed by atoms with Crippen molar-refractivity contribution >= 4 is 17.6 Å². The van der Waals surface area contributed by atoms with E-state index in [1.54, 1.807) is 0 Å². The molecule has 0 amide bonds. The number of benzene rings is 2. The van der Waals surface area contributed by atoms with E-state index in [0.29, 0.717) is 0 Å². The zero-order valence-corrected chi connectivity index (χ0v) is 17.9. The Balaban J connectivity index is 1.50. The largest absolute Gasteiger partial charge is 0.478 e. The standard InChI is InChI=1S/C27H25F2NO2/c1-15-8-20-19-5-3-2-4-18(19)11-21(20)26(30(15)27-12-17(13-27)14-27)25-22(28)9-16(10-23(25)29)6-7-24(31)32/h2-7,9-10,15,17,26H,8,11-14H2,1H3,(H,31,32)/b7-6+. The lowest BCUT2D eigenvalue weighted by Crippen LogP contribution is -2.71. The van der Waals surface area contributed by atoms with E-state index in [1.165, 1.54) is 34.9 Å². The number of halogens is 2. The third-order valence-electron chi connectivity index (χ3n) is 8.04. The molecule has 1 heterocycles. The molecule has 4 aliphatic carbocycles. The molecule has 164 valence electrons. The monoisotopic (exact) mass is 433 g/mol. The molecule has 0 spiro atoms. The quantitative estimate of drug-likeness (QED) is 0.623. The van der Waals surface area contributed by atoms with Gasteiger partial charge in [0.25, 0.3) is 0 Å². The second-order valence-corrected chi connectivity index (χ2v) is 9.97. The average molecular weight is 433 g/mol. The van der Waals surface area contributed by atoms with Crippen molar-refractivity contribution in [3.63, 3.8) is 0 Å². The van der Waals surface area contributed by atoms with Crippen LogP contribution in [0.3, 0.4) is 0 Å². The Kier molecular flexibility index (Phi) is 4.25. The zero-order valence-electron chi connectivity index (χ0n) is 17.9. The smallest absolute Gasteiger partial charge is 0.328 e. The van der Waals surface area contributed by atoms with Crippen LogP contribution in [0.15, 0.2) is 48.0 Å². The second kappa shape index (κ2) is 6.85. The minimum Gasteiger partial charge on any atom is -0.478 e. The van der Waals surface area contributed by atoms with Gasteiger partial charge in [-0.25, -0.2) is 13.6 Å². The molecular weight excluding hydrogens is 408 g/mol. The van der Waals surface area contributed by atoms with Gasteiger partial charge >= 0.3 is 5.97 Å². The van der Waals surface area contributed by atoms with Crippen molar-refractivity contribution < 1.29 is 18.7 Å². The lowest BCUT2D eigenvalue weighted by molar-refractivity contribution is -0.173. The van der Waals surface area contributed by atoms with E-state index >= 15 is 8.78 Å². The molecule has 5 aliphatic rings. The van der Waals surface area contributed by atoms with E-state index in [2.05, 4.69) is 24.0 Å². The maximum absolute atomic E-state index is 15.6. The first kappa shape index (κ1) is 19.9. The van der Waals surface area contributed by atoms with Gasteiger partial charge in [0, 0.05) is 23.2 Å². The van der Waals surface area contributed by atoms with Crippen LogP contribution in [0, 0.1) is 17.6 Å². The number of carbonyl (C=O) groups is 1. The summed E-state index contributed by atoms with van der Waals surface area (Å²) < 4.78 is 31.1. The summed E-state index contributed by atoms with van der Waals surface area (Å²) in [6, 6.07) is 10.6. The minimum atomic E-state index is -1.15. The van der Waals surface area contributed by atoms with E-state index in [4.69, 9.17) is 5.11 Å². The molecule has 3 nitrogen and oxygen atoms in total. The maximum Gasteiger partial charge on any atom is 0.328 e. The molecule has 5 heteroatoms. The van der Waals surface area contributed by atoms with Crippen LogP contribution in [0.1, 0.15) is 60.9 Å². The molecule has 32 heavy (non-hydrogen) atoms. The van der Waals surface area contributed by atoms with Crippen molar-refractivity contribution in [2.45, 2.75) is 56.7 Å². The number of carboxylic acid groups (broad SMARTS) is 1. The van der Waals surface area contributed by atoms with E-state index in [1.807, 2.05) is 12.1 Å². The lowest BCUT2D eigenvalue weighted by atomic mass is 9.48. The van der Waals surface area contributed by atoms with Crippen molar-refractivity contribution in [1.82, 2.24) is 4.90 Å². The summed E-state index contributed by atoms with van der Waals surface area (Å²) in [4.78, 5) is 13.3. The summed E-state index contributed by atoms with van der Waals surface area (Å²) in [6.45, 7) is 2.19. The van der Waals surface area contributed by atoms with Gasteiger partial charge in [-0.3, -0.25) is 4.90 Å². The van der Waals surface area contributed by atoms with Crippen molar-refractivity contribution in [1.29, 1.82) is 0 Å². The molecule has 7 rings (SSSR count). The lowest BCUT2D eigenvalue weighted by Gasteiger charge is -2.70. The third-order valence-corrected chi connectivity index (χ3v) is 8.04. The Labute approximate surface area is 186 Å². The highest BCUT2D eigenvalue weighted by Gasteiger charge is 2.63. The van der Waals surface area contributed by atoms with Gasteiger partial charge in [0.2, 0.25) is 0 Å². The van der Waals surface area contributed by atoms with Crippen molar-refractivity contribution in [3.8, 4) is 0 Å². The second-order valence-electron chi connectivity index (χ2n) is 9.97. The Morgan fingerprint density at radius 2 is 1.84 bits per heavy atom. The zero-order chi connectivity index (χ0) is 22.2. The molecule has 1 aliphatic heterocycles. The number of fused-ring (bicyclic) bond motifs is 2. The van der Waals surface area contributed by atoms with Crippen LogP contribution in [0.2, 0.25) is 0 Å². The van der Waals surface area contributed by atoms with Crippen molar-refractivity contribution in [3.05, 3.63) is 81.9 Å². The summed E-state index contributed by atoms with van der Waals surface area (Å²) in [6.07, 6.45) is 7.11. The highest BCUT2D eigenvalue weighted by Crippen LogP contribution is 2.65. The number of carboxylic acids is 1. The predicted molar refractivity (Wildman–Crippen MR) is 119 cm³/mol. The van der Waals surface area contributed by atoms with E-state index < -0.39 is 23.6 Å². The van der Waals surface area contributed by atoms with Gasteiger partial charge in [0.1, 0.15) is 11.6 Å². The van der Waals surface area contributed by atoms with Gasteiger partial charge in [-0.1, -0.05) is 24.3 Å². The molecule has 1 N–H and O–H groups in total. The van der Waals surface area contributed by atoms with Crippen LogP contribution in [0.4, 0.5) is 8.78 Å².